The second-order valence-corrected chi connectivity index (χ2v) is 8.33. The Hall–Kier alpha value is -1.35. The molecule has 3 nitrogen and oxygen atoms in total. The Kier molecular flexibility index (Phi) is 4.62. The second-order valence-electron chi connectivity index (χ2n) is 8.33. The Morgan fingerprint density at radius 3 is 2.50 bits per heavy atom. The van der Waals surface area contributed by atoms with E-state index in [9.17, 15) is 4.79 Å². The average molecular weight is 326 g/mol. The monoisotopic (exact) mass is 326 g/mol. The van der Waals surface area contributed by atoms with Gasteiger partial charge in [-0.3, -0.25) is 4.79 Å². The molecule has 3 aliphatic rings. The summed E-state index contributed by atoms with van der Waals surface area (Å²) in [7, 11) is 0. The molecule has 1 aromatic rings. The van der Waals surface area contributed by atoms with E-state index in [1.165, 1.54) is 24.8 Å². The van der Waals surface area contributed by atoms with Crippen LogP contribution in [0.25, 0.3) is 0 Å². The summed E-state index contributed by atoms with van der Waals surface area (Å²) >= 11 is 0. The van der Waals surface area contributed by atoms with Crippen LogP contribution in [0.1, 0.15) is 44.1 Å². The fourth-order valence-corrected chi connectivity index (χ4v) is 5.40. The van der Waals surface area contributed by atoms with E-state index in [2.05, 4.69) is 35.2 Å². The van der Waals surface area contributed by atoms with Gasteiger partial charge in [0.05, 0.1) is 0 Å². The van der Waals surface area contributed by atoms with Crippen molar-refractivity contribution in [2.24, 2.45) is 29.4 Å². The summed E-state index contributed by atoms with van der Waals surface area (Å²) in [6, 6.07) is 11.0. The maximum absolute atomic E-state index is 13.0. The third-order valence-corrected chi connectivity index (χ3v) is 6.73. The van der Waals surface area contributed by atoms with Crippen molar-refractivity contribution in [2.75, 3.05) is 13.1 Å². The summed E-state index contributed by atoms with van der Waals surface area (Å²) < 4.78 is 0. The number of carbonyl (C=O) groups excluding carboxylic acids is 1. The summed E-state index contributed by atoms with van der Waals surface area (Å²) in [4.78, 5) is 15.2. The van der Waals surface area contributed by atoms with Crippen molar-refractivity contribution >= 4 is 5.91 Å². The number of hydrogen-bond donors (Lipinski definition) is 1. The summed E-state index contributed by atoms with van der Waals surface area (Å²) in [5, 5.41) is 0. The van der Waals surface area contributed by atoms with Crippen LogP contribution in [0, 0.1) is 23.7 Å². The Labute approximate surface area is 145 Å². The van der Waals surface area contributed by atoms with Crippen LogP contribution >= 0.6 is 0 Å². The number of rotatable bonds is 3. The molecule has 2 saturated carbocycles. The molecule has 2 N–H and O–H groups in total. The molecule has 1 amide bonds. The minimum Gasteiger partial charge on any atom is -0.342 e. The molecule has 4 rings (SSSR count). The van der Waals surface area contributed by atoms with Gasteiger partial charge in [-0.1, -0.05) is 36.8 Å². The standard InChI is InChI=1S/C21H30N2O/c22-20-17-7-4-8-18(20)13-19(12-17)21(24)23-10-9-16(14-23)11-15-5-2-1-3-6-15/h1-3,5-6,16-20H,4,7-14,22H2. The molecule has 1 aromatic carbocycles. The van der Waals surface area contributed by atoms with Crippen molar-refractivity contribution in [2.45, 2.75) is 51.0 Å². The smallest absolute Gasteiger partial charge is 0.225 e. The predicted octanol–water partition coefficient (Wildman–Crippen LogP) is 3.23. The highest BCUT2D eigenvalue weighted by Gasteiger charge is 2.42. The number of amides is 1. The Morgan fingerprint density at radius 1 is 1.08 bits per heavy atom. The molecule has 1 saturated heterocycles. The number of carbonyl (C=O) groups is 1. The van der Waals surface area contributed by atoms with Crippen molar-refractivity contribution < 1.29 is 4.79 Å². The predicted molar refractivity (Wildman–Crippen MR) is 96.4 cm³/mol. The van der Waals surface area contributed by atoms with Gasteiger partial charge in [-0.05, 0) is 61.8 Å². The highest BCUT2D eigenvalue weighted by molar-refractivity contribution is 5.79. The van der Waals surface area contributed by atoms with E-state index >= 15 is 0 Å². The second kappa shape index (κ2) is 6.87. The fourth-order valence-electron chi connectivity index (χ4n) is 5.40. The lowest BCUT2D eigenvalue weighted by Gasteiger charge is -2.44. The Morgan fingerprint density at radius 2 is 1.79 bits per heavy atom. The molecule has 3 atom stereocenters. The van der Waals surface area contributed by atoms with Crippen LogP contribution in [0.5, 0.6) is 0 Å². The zero-order chi connectivity index (χ0) is 16.5. The minimum absolute atomic E-state index is 0.246. The number of hydrogen-bond acceptors (Lipinski definition) is 2. The molecule has 2 bridgehead atoms. The van der Waals surface area contributed by atoms with E-state index in [0.717, 1.165) is 38.8 Å². The molecule has 24 heavy (non-hydrogen) atoms. The van der Waals surface area contributed by atoms with Gasteiger partial charge in [0.1, 0.15) is 0 Å². The lowest BCUT2D eigenvalue weighted by molar-refractivity contribution is -0.137. The third-order valence-electron chi connectivity index (χ3n) is 6.73. The zero-order valence-corrected chi connectivity index (χ0v) is 14.6. The first-order chi connectivity index (χ1) is 11.7. The van der Waals surface area contributed by atoms with Crippen LogP contribution in [0.4, 0.5) is 0 Å². The first kappa shape index (κ1) is 16.1. The minimum atomic E-state index is 0.246. The molecule has 0 radical (unpaired) electrons. The summed E-state index contributed by atoms with van der Waals surface area (Å²) in [5.41, 5.74) is 7.78. The highest BCUT2D eigenvalue weighted by Crippen LogP contribution is 2.42. The number of nitrogens with two attached hydrogens (primary N) is 1. The van der Waals surface area contributed by atoms with Gasteiger partial charge in [-0.2, -0.15) is 0 Å². The van der Waals surface area contributed by atoms with Crippen molar-refractivity contribution in [1.29, 1.82) is 0 Å². The number of benzene rings is 1. The molecule has 130 valence electrons. The summed E-state index contributed by atoms with van der Waals surface area (Å²) in [6.07, 6.45) is 8.11. The first-order valence-corrected chi connectivity index (χ1v) is 9.79. The molecule has 2 aliphatic carbocycles. The molecule has 0 spiro atoms. The summed E-state index contributed by atoms with van der Waals surface area (Å²) in [6.45, 7) is 1.90. The van der Waals surface area contributed by atoms with E-state index < -0.39 is 0 Å². The van der Waals surface area contributed by atoms with Gasteiger partial charge in [0, 0.05) is 25.0 Å². The molecule has 1 aliphatic heterocycles. The maximum Gasteiger partial charge on any atom is 0.225 e. The molecule has 1 heterocycles. The van der Waals surface area contributed by atoms with E-state index in [1.54, 1.807) is 0 Å². The van der Waals surface area contributed by atoms with Gasteiger partial charge in [-0.15, -0.1) is 0 Å². The first-order valence-electron chi connectivity index (χ1n) is 9.79. The number of likely N-dealkylation sites (tertiary alicyclic amines) is 1. The fraction of sp³-hybridized carbons (Fsp3) is 0.667. The van der Waals surface area contributed by atoms with Gasteiger partial charge in [-0.25, -0.2) is 0 Å². The third kappa shape index (κ3) is 3.23. The number of nitrogens with zero attached hydrogens (tertiary/aromatic N) is 1. The van der Waals surface area contributed by atoms with Crippen molar-refractivity contribution in [3.63, 3.8) is 0 Å². The number of fused-ring (bicyclic) bond motifs is 2. The molecule has 3 unspecified atom stereocenters. The topological polar surface area (TPSA) is 46.3 Å². The van der Waals surface area contributed by atoms with Crippen molar-refractivity contribution in [3.05, 3.63) is 35.9 Å². The van der Waals surface area contributed by atoms with Crippen LogP contribution in [0.2, 0.25) is 0 Å². The Bertz CT molecular complexity index is 558. The van der Waals surface area contributed by atoms with E-state index in [4.69, 9.17) is 5.73 Å². The molecule has 3 fully saturated rings. The van der Waals surface area contributed by atoms with E-state index in [-0.39, 0.29) is 5.92 Å². The van der Waals surface area contributed by atoms with E-state index in [1.807, 2.05) is 0 Å². The van der Waals surface area contributed by atoms with Crippen LogP contribution < -0.4 is 5.73 Å². The Balaban J connectivity index is 1.34. The van der Waals surface area contributed by atoms with Crippen LogP contribution in [0.3, 0.4) is 0 Å². The normalized spacial score (nSPS) is 35.9. The van der Waals surface area contributed by atoms with Crippen LogP contribution in [-0.4, -0.2) is 29.9 Å². The van der Waals surface area contributed by atoms with Gasteiger partial charge in [0.15, 0.2) is 0 Å². The molecular formula is C21H30N2O. The van der Waals surface area contributed by atoms with Crippen molar-refractivity contribution in [3.8, 4) is 0 Å². The van der Waals surface area contributed by atoms with Gasteiger partial charge < -0.3 is 10.6 Å². The molecular weight excluding hydrogens is 296 g/mol. The molecule has 3 heteroatoms. The lowest BCUT2D eigenvalue weighted by atomic mass is 9.65. The zero-order valence-electron chi connectivity index (χ0n) is 14.6. The largest absolute Gasteiger partial charge is 0.342 e. The van der Waals surface area contributed by atoms with Crippen LogP contribution in [-0.2, 0) is 11.2 Å². The average Bonchev–Trinajstić information content (AvgIpc) is 3.03. The quantitative estimate of drug-likeness (QED) is 0.927. The summed E-state index contributed by atoms with van der Waals surface area (Å²) in [5.74, 6) is 2.48. The highest BCUT2D eigenvalue weighted by atomic mass is 16.2. The van der Waals surface area contributed by atoms with E-state index in [0.29, 0.717) is 29.7 Å². The molecule has 0 aromatic heterocycles. The van der Waals surface area contributed by atoms with Crippen LogP contribution in [0.15, 0.2) is 30.3 Å². The SMILES string of the molecule is NC1C2CCCC1CC(C(=O)N1CCC(Cc3ccccc3)C1)C2. The lowest BCUT2D eigenvalue weighted by Crippen LogP contribution is -2.49. The van der Waals surface area contributed by atoms with Gasteiger partial charge >= 0.3 is 0 Å². The van der Waals surface area contributed by atoms with Gasteiger partial charge in [0.25, 0.3) is 0 Å². The van der Waals surface area contributed by atoms with Crippen molar-refractivity contribution in [1.82, 2.24) is 4.90 Å². The van der Waals surface area contributed by atoms with Gasteiger partial charge in [0.2, 0.25) is 5.91 Å². The maximum atomic E-state index is 13.0.